The van der Waals surface area contributed by atoms with Crippen molar-refractivity contribution in [3.05, 3.63) is 35.6 Å². The highest BCUT2D eigenvalue weighted by Gasteiger charge is 2.09. The second-order valence-electron chi connectivity index (χ2n) is 4.44. The monoisotopic (exact) mass is 252 g/mol. The standard InChI is InChI=1S/C14H21FN2O/c1-2-11(10-16)9-14(18)17-7-6-12-4-3-5-13(15)8-12/h3-5,8,11H,2,6-7,9-10,16H2,1H3,(H,17,18). The van der Waals surface area contributed by atoms with Gasteiger partial charge in [0.25, 0.3) is 0 Å². The summed E-state index contributed by atoms with van der Waals surface area (Å²) in [5.41, 5.74) is 6.44. The van der Waals surface area contributed by atoms with Crippen LogP contribution in [0.2, 0.25) is 0 Å². The maximum atomic E-state index is 12.9. The SMILES string of the molecule is CCC(CN)CC(=O)NCCc1cccc(F)c1. The molecule has 4 heteroatoms. The van der Waals surface area contributed by atoms with Crippen LogP contribution >= 0.6 is 0 Å². The number of benzene rings is 1. The van der Waals surface area contributed by atoms with Gasteiger partial charge < -0.3 is 11.1 Å². The number of halogens is 1. The fraction of sp³-hybridized carbons (Fsp3) is 0.500. The Kier molecular flexibility index (Phi) is 6.36. The molecular weight excluding hydrogens is 231 g/mol. The summed E-state index contributed by atoms with van der Waals surface area (Å²) >= 11 is 0. The lowest BCUT2D eigenvalue weighted by molar-refractivity contribution is -0.121. The Bertz CT molecular complexity index is 378. The summed E-state index contributed by atoms with van der Waals surface area (Å²) in [5, 5.41) is 2.83. The lowest BCUT2D eigenvalue weighted by Gasteiger charge is -2.11. The predicted molar refractivity (Wildman–Crippen MR) is 70.6 cm³/mol. The van der Waals surface area contributed by atoms with Crippen molar-refractivity contribution in [1.82, 2.24) is 5.32 Å². The summed E-state index contributed by atoms with van der Waals surface area (Å²) in [4.78, 5) is 11.6. The smallest absolute Gasteiger partial charge is 0.220 e. The quantitative estimate of drug-likeness (QED) is 0.778. The van der Waals surface area contributed by atoms with E-state index in [0.717, 1.165) is 12.0 Å². The van der Waals surface area contributed by atoms with E-state index >= 15 is 0 Å². The molecule has 0 spiro atoms. The topological polar surface area (TPSA) is 55.1 Å². The van der Waals surface area contributed by atoms with E-state index in [2.05, 4.69) is 5.32 Å². The number of carbonyl (C=O) groups excluding carboxylic acids is 1. The molecule has 0 saturated carbocycles. The second-order valence-corrected chi connectivity index (χ2v) is 4.44. The highest BCUT2D eigenvalue weighted by molar-refractivity contribution is 5.76. The van der Waals surface area contributed by atoms with Gasteiger partial charge in [-0.15, -0.1) is 0 Å². The fourth-order valence-electron chi connectivity index (χ4n) is 1.77. The van der Waals surface area contributed by atoms with Crippen molar-refractivity contribution < 1.29 is 9.18 Å². The van der Waals surface area contributed by atoms with Crippen molar-refractivity contribution in [1.29, 1.82) is 0 Å². The number of hydrogen-bond acceptors (Lipinski definition) is 2. The van der Waals surface area contributed by atoms with Crippen molar-refractivity contribution in [2.45, 2.75) is 26.2 Å². The lowest BCUT2D eigenvalue weighted by Crippen LogP contribution is -2.29. The van der Waals surface area contributed by atoms with E-state index in [9.17, 15) is 9.18 Å². The molecule has 1 atom stereocenters. The van der Waals surface area contributed by atoms with Crippen LogP contribution in [-0.4, -0.2) is 19.0 Å². The maximum absolute atomic E-state index is 12.9. The van der Waals surface area contributed by atoms with E-state index in [-0.39, 0.29) is 17.6 Å². The third-order valence-corrected chi connectivity index (χ3v) is 3.01. The van der Waals surface area contributed by atoms with Gasteiger partial charge in [-0.2, -0.15) is 0 Å². The molecule has 3 N–H and O–H groups in total. The molecule has 0 saturated heterocycles. The van der Waals surface area contributed by atoms with E-state index in [1.807, 2.05) is 13.0 Å². The van der Waals surface area contributed by atoms with Gasteiger partial charge in [-0.1, -0.05) is 25.5 Å². The largest absolute Gasteiger partial charge is 0.356 e. The van der Waals surface area contributed by atoms with Crippen molar-refractivity contribution in [3.8, 4) is 0 Å². The van der Waals surface area contributed by atoms with Crippen LogP contribution in [0.15, 0.2) is 24.3 Å². The van der Waals surface area contributed by atoms with Crippen LogP contribution in [-0.2, 0) is 11.2 Å². The van der Waals surface area contributed by atoms with Gasteiger partial charge in [0.2, 0.25) is 5.91 Å². The molecule has 0 aliphatic heterocycles. The molecule has 0 fully saturated rings. The number of carbonyl (C=O) groups is 1. The minimum Gasteiger partial charge on any atom is -0.356 e. The molecule has 0 aliphatic carbocycles. The van der Waals surface area contributed by atoms with Crippen molar-refractivity contribution in [2.75, 3.05) is 13.1 Å². The molecule has 1 rings (SSSR count). The first-order valence-electron chi connectivity index (χ1n) is 6.37. The first-order valence-corrected chi connectivity index (χ1v) is 6.37. The Morgan fingerprint density at radius 2 is 2.28 bits per heavy atom. The molecule has 1 aromatic carbocycles. The highest BCUT2D eigenvalue weighted by atomic mass is 19.1. The van der Waals surface area contributed by atoms with E-state index < -0.39 is 0 Å². The molecule has 100 valence electrons. The zero-order valence-corrected chi connectivity index (χ0v) is 10.8. The predicted octanol–water partition coefficient (Wildman–Crippen LogP) is 1.86. The van der Waals surface area contributed by atoms with Crippen LogP contribution in [0.3, 0.4) is 0 Å². The van der Waals surface area contributed by atoms with Gasteiger partial charge in [-0.25, -0.2) is 4.39 Å². The molecule has 3 nitrogen and oxygen atoms in total. The molecular formula is C14H21FN2O. The summed E-state index contributed by atoms with van der Waals surface area (Å²) in [7, 11) is 0. The number of rotatable bonds is 7. The van der Waals surface area contributed by atoms with Crippen LogP contribution in [0, 0.1) is 11.7 Å². The van der Waals surface area contributed by atoms with Gasteiger partial charge in [0, 0.05) is 13.0 Å². The minimum atomic E-state index is -0.243. The summed E-state index contributed by atoms with van der Waals surface area (Å²) < 4.78 is 12.9. The number of amides is 1. The van der Waals surface area contributed by atoms with Crippen molar-refractivity contribution in [3.63, 3.8) is 0 Å². The molecule has 0 radical (unpaired) electrons. The van der Waals surface area contributed by atoms with Gasteiger partial charge in [0.05, 0.1) is 0 Å². The third kappa shape index (κ3) is 5.27. The van der Waals surface area contributed by atoms with Crippen LogP contribution in [0.1, 0.15) is 25.3 Å². The Labute approximate surface area is 108 Å². The molecule has 1 amide bonds. The average molecular weight is 252 g/mol. The lowest BCUT2D eigenvalue weighted by atomic mass is 10.0. The van der Waals surface area contributed by atoms with E-state index in [1.54, 1.807) is 6.07 Å². The van der Waals surface area contributed by atoms with Gasteiger partial charge in [-0.05, 0) is 36.6 Å². The first-order chi connectivity index (χ1) is 8.65. The molecule has 1 unspecified atom stereocenters. The molecule has 0 aromatic heterocycles. The third-order valence-electron chi connectivity index (χ3n) is 3.01. The van der Waals surface area contributed by atoms with E-state index in [4.69, 9.17) is 5.73 Å². The summed E-state index contributed by atoms with van der Waals surface area (Å²) in [5.74, 6) is 0.0240. The van der Waals surface area contributed by atoms with Gasteiger partial charge >= 0.3 is 0 Å². The highest BCUT2D eigenvalue weighted by Crippen LogP contribution is 2.06. The van der Waals surface area contributed by atoms with Crippen LogP contribution in [0.4, 0.5) is 4.39 Å². The first kappa shape index (κ1) is 14.6. The van der Waals surface area contributed by atoms with Gasteiger partial charge in [0.1, 0.15) is 5.82 Å². The summed E-state index contributed by atoms with van der Waals surface area (Å²) in [6.07, 6.45) is 2.02. The Morgan fingerprint density at radius 1 is 1.50 bits per heavy atom. The average Bonchev–Trinajstić information content (AvgIpc) is 2.36. The molecule has 0 aliphatic rings. The summed E-state index contributed by atoms with van der Waals surface area (Å²) in [6.45, 7) is 3.09. The maximum Gasteiger partial charge on any atom is 0.220 e. The summed E-state index contributed by atoms with van der Waals surface area (Å²) in [6, 6.07) is 6.42. The Morgan fingerprint density at radius 3 is 2.89 bits per heavy atom. The van der Waals surface area contributed by atoms with Gasteiger partial charge in [-0.3, -0.25) is 4.79 Å². The normalized spacial score (nSPS) is 12.2. The Balaban J connectivity index is 2.27. The van der Waals surface area contributed by atoms with Crippen LogP contribution in [0.25, 0.3) is 0 Å². The zero-order valence-electron chi connectivity index (χ0n) is 10.8. The fourth-order valence-corrected chi connectivity index (χ4v) is 1.77. The van der Waals surface area contributed by atoms with Crippen molar-refractivity contribution in [2.24, 2.45) is 11.7 Å². The molecule has 1 aromatic rings. The van der Waals surface area contributed by atoms with Gasteiger partial charge in [0.15, 0.2) is 0 Å². The van der Waals surface area contributed by atoms with E-state index in [0.29, 0.717) is 25.9 Å². The second kappa shape index (κ2) is 7.82. The van der Waals surface area contributed by atoms with Crippen molar-refractivity contribution >= 4 is 5.91 Å². The molecule has 0 bridgehead atoms. The molecule has 18 heavy (non-hydrogen) atoms. The van der Waals surface area contributed by atoms with Crippen LogP contribution in [0.5, 0.6) is 0 Å². The number of nitrogens with one attached hydrogen (secondary N) is 1. The van der Waals surface area contributed by atoms with Crippen LogP contribution < -0.4 is 11.1 Å². The minimum absolute atomic E-state index is 0.0173. The number of nitrogens with two attached hydrogens (primary N) is 1. The van der Waals surface area contributed by atoms with E-state index in [1.165, 1.54) is 12.1 Å². The Hall–Kier alpha value is -1.42. The molecule has 0 heterocycles. The zero-order chi connectivity index (χ0) is 13.4. The number of hydrogen-bond donors (Lipinski definition) is 2.